The quantitative estimate of drug-likeness (QED) is 0.704. The van der Waals surface area contributed by atoms with E-state index in [2.05, 4.69) is 10.3 Å². The van der Waals surface area contributed by atoms with E-state index in [1.165, 1.54) is 16.8 Å². The van der Waals surface area contributed by atoms with Crippen LogP contribution < -0.4 is 0 Å². The van der Waals surface area contributed by atoms with Gasteiger partial charge in [0, 0.05) is 12.6 Å². The van der Waals surface area contributed by atoms with Crippen LogP contribution in [-0.2, 0) is 7.05 Å². The van der Waals surface area contributed by atoms with Crippen LogP contribution in [0.2, 0.25) is 0 Å². The smallest absolute Gasteiger partial charge is 0.190 e. The first-order valence-corrected chi connectivity index (χ1v) is 4.28. The first-order valence-electron chi connectivity index (χ1n) is 4.28. The van der Waals surface area contributed by atoms with Crippen molar-refractivity contribution in [2.75, 3.05) is 0 Å². The summed E-state index contributed by atoms with van der Waals surface area (Å²) in [5, 5.41) is 16.2. The van der Waals surface area contributed by atoms with Gasteiger partial charge in [0.15, 0.2) is 5.69 Å². The molecule has 0 aliphatic rings. The molecule has 0 unspecified atom stereocenters. The Morgan fingerprint density at radius 3 is 2.93 bits per heavy atom. The minimum absolute atomic E-state index is 0.197. The van der Waals surface area contributed by atoms with Crippen LogP contribution in [0.4, 0.5) is 4.39 Å². The highest BCUT2D eigenvalue weighted by molar-refractivity contribution is 5.64. The van der Waals surface area contributed by atoms with E-state index in [0.717, 1.165) is 0 Å². The van der Waals surface area contributed by atoms with Crippen LogP contribution in [0.1, 0.15) is 5.69 Å². The van der Waals surface area contributed by atoms with E-state index in [4.69, 9.17) is 5.26 Å². The molecule has 0 saturated heterocycles. The fourth-order valence-electron chi connectivity index (χ4n) is 1.39. The first kappa shape index (κ1) is 9.34. The molecule has 0 spiro atoms. The average molecular weight is 202 g/mol. The summed E-state index contributed by atoms with van der Waals surface area (Å²) in [7, 11) is 1.66. The second-order valence-corrected chi connectivity index (χ2v) is 3.03. The molecule has 0 radical (unpaired) electrons. The van der Waals surface area contributed by atoms with Gasteiger partial charge in [0.2, 0.25) is 0 Å². The zero-order valence-electron chi connectivity index (χ0n) is 7.98. The SMILES string of the molecule is Cn1nnc(C#N)c1-c1cccc(F)c1. The van der Waals surface area contributed by atoms with Gasteiger partial charge in [-0.05, 0) is 12.1 Å². The van der Waals surface area contributed by atoms with E-state index in [9.17, 15) is 4.39 Å². The third kappa shape index (κ3) is 1.57. The first-order chi connectivity index (χ1) is 7.22. The van der Waals surface area contributed by atoms with Gasteiger partial charge in [-0.15, -0.1) is 5.10 Å². The molecule has 5 heteroatoms. The van der Waals surface area contributed by atoms with Crippen molar-refractivity contribution in [3.8, 4) is 17.3 Å². The number of nitrogens with zero attached hydrogens (tertiary/aromatic N) is 4. The minimum atomic E-state index is -0.349. The molecule has 0 bridgehead atoms. The maximum atomic E-state index is 13.0. The van der Waals surface area contributed by atoms with Crippen LogP contribution in [0.5, 0.6) is 0 Å². The Labute approximate surface area is 85.6 Å². The van der Waals surface area contributed by atoms with E-state index in [-0.39, 0.29) is 11.5 Å². The van der Waals surface area contributed by atoms with Crippen molar-refractivity contribution in [2.45, 2.75) is 0 Å². The van der Waals surface area contributed by atoms with Crippen LogP contribution in [0.25, 0.3) is 11.3 Å². The van der Waals surface area contributed by atoms with Crippen molar-refractivity contribution >= 4 is 0 Å². The van der Waals surface area contributed by atoms with Gasteiger partial charge < -0.3 is 0 Å². The second-order valence-electron chi connectivity index (χ2n) is 3.03. The largest absolute Gasteiger partial charge is 0.246 e. The van der Waals surface area contributed by atoms with Gasteiger partial charge in [-0.2, -0.15) is 5.26 Å². The zero-order valence-corrected chi connectivity index (χ0v) is 7.98. The molecule has 0 N–H and O–H groups in total. The summed E-state index contributed by atoms with van der Waals surface area (Å²) >= 11 is 0. The number of aromatic nitrogens is 3. The normalized spacial score (nSPS) is 9.93. The number of benzene rings is 1. The molecule has 2 aromatic rings. The van der Waals surface area contributed by atoms with Gasteiger partial charge >= 0.3 is 0 Å². The molecular weight excluding hydrogens is 195 g/mol. The molecule has 74 valence electrons. The lowest BCUT2D eigenvalue weighted by Gasteiger charge is -2.00. The lowest BCUT2D eigenvalue weighted by Crippen LogP contribution is -1.94. The summed E-state index contributed by atoms with van der Waals surface area (Å²) in [5.41, 5.74) is 1.32. The summed E-state index contributed by atoms with van der Waals surface area (Å²) < 4.78 is 14.4. The van der Waals surface area contributed by atoms with Crippen molar-refractivity contribution in [3.63, 3.8) is 0 Å². The lowest BCUT2D eigenvalue weighted by atomic mass is 10.1. The molecule has 0 aliphatic heterocycles. The molecule has 15 heavy (non-hydrogen) atoms. The molecule has 1 aromatic heterocycles. The highest BCUT2D eigenvalue weighted by Crippen LogP contribution is 2.21. The standard InChI is InChI=1S/C10H7FN4/c1-15-10(9(6-12)13-14-15)7-3-2-4-8(11)5-7/h2-5H,1H3. The predicted octanol–water partition coefficient (Wildman–Crippen LogP) is 1.49. The topological polar surface area (TPSA) is 54.5 Å². The van der Waals surface area contributed by atoms with Gasteiger partial charge in [-0.25, -0.2) is 9.07 Å². The molecular formula is C10H7FN4. The molecule has 0 saturated carbocycles. The summed E-state index contributed by atoms with van der Waals surface area (Å²) in [6, 6.07) is 7.90. The van der Waals surface area contributed by atoms with Crippen LogP contribution in [0.3, 0.4) is 0 Å². The van der Waals surface area contributed by atoms with Crippen molar-refractivity contribution in [2.24, 2.45) is 7.05 Å². The Morgan fingerprint density at radius 2 is 2.27 bits per heavy atom. The van der Waals surface area contributed by atoms with E-state index in [0.29, 0.717) is 11.3 Å². The molecule has 4 nitrogen and oxygen atoms in total. The Hall–Kier alpha value is -2.22. The third-order valence-corrected chi connectivity index (χ3v) is 2.03. The molecule has 0 atom stereocenters. The second kappa shape index (κ2) is 3.50. The van der Waals surface area contributed by atoms with Gasteiger partial charge in [0.1, 0.15) is 17.6 Å². The lowest BCUT2D eigenvalue weighted by molar-refractivity contribution is 0.628. The van der Waals surface area contributed by atoms with E-state index in [1.807, 2.05) is 6.07 Å². The molecule has 0 amide bonds. The van der Waals surface area contributed by atoms with E-state index < -0.39 is 0 Å². The third-order valence-electron chi connectivity index (χ3n) is 2.03. The van der Waals surface area contributed by atoms with Crippen molar-refractivity contribution in [1.29, 1.82) is 5.26 Å². The van der Waals surface area contributed by atoms with Gasteiger partial charge in [-0.3, -0.25) is 0 Å². The molecule has 0 fully saturated rings. The molecule has 2 rings (SSSR count). The van der Waals surface area contributed by atoms with Gasteiger partial charge in [0.25, 0.3) is 0 Å². The number of hydrogen-bond acceptors (Lipinski definition) is 3. The van der Waals surface area contributed by atoms with Crippen LogP contribution in [-0.4, -0.2) is 15.0 Å². The van der Waals surface area contributed by atoms with Crippen molar-refractivity contribution in [1.82, 2.24) is 15.0 Å². The van der Waals surface area contributed by atoms with Gasteiger partial charge in [-0.1, -0.05) is 17.3 Å². The summed E-state index contributed by atoms with van der Waals surface area (Å²) in [5.74, 6) is -0.349. The highest BCUT2D eigenvalue weighted by atomic mass is 19.1. The fraction of sp³-hybridized carbons (Fsp3) is 0.100. The Morgan fingerprint density at radius 1 is 1.47 bits per heavy atom. The fourth-order valence-corrected chi connectivity index (χ4v) is 1.39. The highest BCUT2D eigenvalue weighted by Gasteiger charge is 2.12. The number of hydrogen-bond donors (Lipinski definition) is 0. The maximum absolute atomic E-state index is 13.0. The van der Waals surface area contributed by atoms with Crippen LogP contribution in [0, 0.1) is 17.1 Å². The van der Waals surface area contributed by atoms with Crippen molar-refractivity contribution < 1.29 is 4.39 Å². The number of rotatable bonds is 1. The summed E-state index contributed by atoms with van der Waals surface area (Å²) in [4.78, 5) is 0. The van der Waals surface area contributed by atoms with E-state index in [1.54, 1.807) is 19.2 Å². The van der Waals surface area contributed by atoms with Crippen molar-refractivity contribution in [3.05, 3.63) is 35.8 Å². The number of nitriles is 1. The van der Waals surface area contributed by atoms with Crippen LogP contribution >= 0.6 is 0 Å². The zero-order chi connectivity index (χ0) is 10.8. The Balaban J connectivity index is 2.64. The Bertz CT molecular complexity index is 539. The predicted molar refractivity (Wildman–Crippen MR) is 51.1 cm³/mol. The summed E-state index contributed by atoms with van der Waals surface area (Å²) in [6.45, 7) is 0. The molecule has 1 aromatic carbocycles. The molecule has 1 heterocycles. The summed E-state index contributed by atoms with van der Waals surface area (Å²) in [6.07, 6.45) is 0. The monoisotopic (exact) mass is 202 g/mol. The van der Waals surface area contributed by atoms with Crippen LogP contribution in [0.15, 0.2) is 24.3 Å². The maximum Gasteiger partial charge on any atom is 0.190 e. The van der Waals surface area contributed by atoms with Gasteiger partial charge in [0.05, 0.1) is 0 Å². The average Bonchev–Trinajstić information content (AvgIpc) is 2.59. The molecule has 0 aliphatic carbocycles. The number of aryl methyl sites for hydroxylation is 1. The minimum Gasteiger partial charge on any atom is -0.246 e. The van der Waals surface area contributed by atoms with E-state index >= 15 is 0 Å². The Kier molecular flexibility index (Phi) is 2.18. The number of halogens is 1.